The Labute approximate surface area is 154 Å². The SMILES string of the molecule is COc1cccc([C@@H](C)NC(=O)N2CCN(c3ccncn3)C[C@H]2C)c1. The zero-order chi connectivity index (χ0) is 18.5. The van der Waals surface area contributed by atoms with Crippen LogP contribution in [0.3, 0.4) is 0 Å². The summed E-state index contributed by atoms with van der Waals surface area (Å²) >= 11 is 0. The van der Waals surface area contributed by atoms with E-state index < -0.39 is 0 Å². The van der Waals surface area contributed by atoms with Crippen molar-refractivity contribution in [2.75, 3.05) is 31.6 Å². The highest BCUT2D eigenvalue weighted by Gasteiger charge is 2.28. The van der Waals surface area contributed by atoms with Crippen LogP contribution in [0, 0.1) is 0 Å². The number of ether oxygens (including phenoxy) is 1. The molecule has 0 bridgehead atoms. The molecule has 7 nitrogen and oxygen atoms in total. The molecule has 2 amide bonds. The van der Waals surface area contributed by atoms with E-state index in [0.717, 1.165) is 30.2 Å². The molecule has 0 unspecified atom stereocenters. The van der Waals surface area contributed by atoms with Crippen molar-refractivity contribution in [3.8, 4) is 5.75 Å². The van der Waals surface area contributed by atoms with E-state index in [4.69, 9.17) is 4.74 Å². The number of methoxy groups -OCH3 is 1. The van der Waals surface area contributed by atoms with Gasteiger partial charge in [0.2, 0.25) is 0 Å². The number of nitrogens with zero attached hydrogens (tertiary/aromatic N) is 4. The van der Waals surface area contributed by atoms with Crippen LogP contribution in [-0.4, -0.2) is 53.7 Å². The van der Waals surface area contributed by atoms with E-state index >= 15 is 0 Å². The summed E-state index contributed by atoms with van der Waals surface area (Å²) in [6.45, 7) is 6.19. The summed E-state index contributed by atoms with van der Waals surface area (Å²) in [4.78, 5) is 25.0. The Bertz CT molecular complexity index is 740. The molecular formula is C19H25N5O2. The molecular weight excluding hydrogens is 330 g/mol. The molecule has 0 saturated carbocycles. The van der Waals surface area contributed by atoms with Gasteiger partial charge in [0.1, 0.15) is 17.9 Å². The number of anilines is 1. The number of urea groups is 1. The molecule has 26 heavy (non-hydrogen) atoms. The Balaban J connectivity index is 1.60. The Hall–Kier alpha value is -2.83. The van der Waals surface area contributed by atoms with Crippen LogP contribution >= 0.6 is 0 Å². The summed E-state index contributed by atoms with van der Waals surface area (Å²) in [5, 5.41) is 3.09. The Morgan fingerprint density at radius 1 is 1.35 bits per heavy atom. The minimum absolute atomic E-state index is 0.0462. The quantitative estimate of drug-likeness (QED) is 0.912. The number of benzene rings is 1. The number of rotatable bonds is 4. The average Bonchev–Trinajstić information content (AvgIpc) is 2.68. The van der Waals surface area contributed by atoms with Gasteiger partial charge in [0.25, 0.3) is 0 Å². The predicted octanol–water partition coefficient (Wildman–Crippen LogP) is 2.47. The van der Waals surface area contributed by atoms with Gasteiger partial charge < -0.3 is 19.9 Å². The van der Waals surface area contributed by atoms with Gasteiger partial charge in [-0.25, -0.2) is 14.8 Å². The van der Waals surface area contributed by atoms with Crippen LogP contribution in [0.25, 0.3) is 0 Å². The van der Waals surface area contributed by atoms with E-state index in [1.807, 2.05) is 42.2 Å². The number of amides is 2. The van der Waals surface area contributed by atoms with Gasteiger partial charge in [0.15, 0.2) is 0 Å². The van der Waals surface area contributed by atoms with Crippen LogP contribution in [0.15, 0.2) is 42.9 Å². The summed E-state index contributed by atoms with van der Waals surface area (Å²) in [6, 6.07) is 9.61. The van der Waals surface area contributed by atoms with Gasteiger partial charge in [-0.15, -0.1) is 0 Å². The van der Waals surface area contributed by atoms with Crippen LogP contribution in [0.5, 0.6) is 5.75 Å². The highest BCUT2D eigenvalue weighted by molar-refractivity contribution is 5.75. The number of hydrogen-bond acceptors (Lipinski definition) is 5. The largest absolute Gasteiger partial charge is 0.497 e. The molecule has 1 aliphatic heterocycles. The molecule has 2 heterocycles. The van der Waals surface area contributed by atoms with Crippen molar-refractivity contribution < 1.29 is 9.53 Å². The number of piperazine rings is 1. The van der Waals surface area contributed by atoms with Gasteiger partial charge in [0.05, 0.1) is 13.2 Å². The first-order valence-corrected chi connectivity index (χ1v) is 8.80. The van der Waals surface area contributed by atoms with E-state index in [1.54, 1.807) is 19.6 Å². The van der Waals surface area contributed by atoms with E-state index in [0.29, 0.717) is 6.54 Å². The van der Waals surface area contributed by atoms with E-state index in [1.165, 1.54) is 0 Å². The second kappa shape index (κ2) is 8.03. The number of aromatic nitrogens is 2. The highest BCUT2D eigenvalue weighted by atomic mass is 16.5. The fraction of sp³-hybridized carbons (Fsp3) is 0.421. The van der Waals surface area contributed by atoms with Crippen LogP contribution < -0.4 is 15.0 Å². The zero-order valence-electron chi connectivity index (χ0n) is 15.4. The summed E-state index contributed by atoms with van der Waals surface area (Å²) < 4.78 is 5.26. The molecule has 1 aromatic heterocycles. The van der Waals surface area contributed by atoms with Crippen LogP contribution in [0.4, 0.5) is 10.6 Å². The molecule has 1 saturated heterocycles. The minimum atomic E-state index is -0.0929. The van der Waals surface area contributed by atoms with Gasteiger partial charge in [-0.2, -0.15) is 0 Å². The maximum atomic E-state index is 12.7. The van der Waals surface area contributed by atoms with Crippen LogP contribution in [-0.2, 0) is 0 Å². The van der Waals surface area contributed by atoms with Crippen molar-refractivity contribution in [3.05, 3.63) is 48.4 Å². The van der Waals surface area contributed by atoms with Crippen molar-refractivity contribution >= 4 is 11.8 Å². The summed E-state index contributed by atoms with van der Waals surface area (Å²) in [5.74, 6) is 1.69. The molecule has 0 radical (unpaired) electrons. The second-order valence-corrected chi connectivity index (χ2v) is 6.50. The molecule has 1 N–H and O–H groups in total. The standard InChI is InChI=1S/C19H25N5O2/c1-14-12-23(18-7-8-20-13-21-18)9-10-24(14)19(25)22-15(2)16-5-4-6-17(11-16)26-3/h4-8,11,13-15H,9-10,12H2,1-3H3,(H,22,25)/t14-,15-/m1/s1. The number of carbonyl (C=O) groups is 1. The van der Waals surface area contributed by atoms with Crippen molar-refractivity contribution in [2.45, 2.75) is 25.9 Å². The smallest absolute Gasteiger partial charge is 0.318 e. The Morgan fingerprint density at radius 2 is 2.19 bits per heavy atom. The molecule has 1 aromatic carbocycles. The third kappa shape index (κ3) is 4.04. The van der Waals surface area contributed by atoms with Gasteiger partial charge in [-0.3, -0.25) is 0 Å². The van der Waals surface area contributed by atoms with Gasteiger partial charge in [0, 0.05) is 31.9 Å². The lowest BCUT2D eigenvalue weighted by Crippen LogP contribution is -2.57. The normalized spacial score (nSPS) is 18.3. The van der Waals surface area contributed by atoms with Crippen LogP contribution in [0.2, 0.25) is 0 Å². The van der Waals surface area contributed by atoms with Gasteiger partial charge >= 0.3 is 6.03 Å². The highest BCUT2D eigenvalue weighted by Crippen LogP contribution is 2.20. The molecule has 1 aliphatic rings. The Morgan fingerprint density at radius 3 is 2.88 bits per heavy atom. The first-order chi connectivity index (χ1) is 12.6. The molecule has 2 atom stereocenters. The minimum Gasteiger partial charge on any atom is -0.497 e. The van der Waals surface area contributed by atoms with Crippen molar-refractivity contribution in [1.82, 2.24) is 20.2 Å². The van der Waals surface area contributed by atoms with Crippen molar-refractivity contribution in [1.29, 1.82) is 0 Å². The molecule has 0 spiro atoms. The zero-order valence-corrected chi connectivity index (χ0v) is 15.4. The fourth-order valence-corrected chi connectivity index (χ4v) is 3.20. The van der Waals surface area contributed by atoms with Gasteiger partial charge in [-0.05, 0) is 37.6 Å². The molecule has 3 rings (SSSR count). The van der Waals surface area contributed by atoms with Gasteiger partial charge in [-0.1, -0.05) is 12.1 Å². The summed E-state index contributed by atoms with van der Waals surface area (Å²) in [6.07, 6.45) is 3.29. The third-order valence-corrected chi connectivity index (χ3v) is 4.71. The lowest BCUT2D eigenvalue weighted by molar-refractivity contribution is 0.168. The third-order valence-electron chi connectivity index (χ3n) is 4.71. The molecule has 138 valence electrons. The Kier molecular flexibility index (Phi) is 5.55. The van der Waals surface area contributed by atoms with E-state index in [9.17, 15) is 4.79 Å². The van der Waals surface area contributed by atoms with Crippen LogP contribution in [0.1, 0.15) is 25.5 Å². The summed E-state index contributed by atoms with van der Waals surface area (Å²) in [7, 11) is 1.64. The fourth-order valence-electron chi connectivity index (χ4n) is 3.20. The average molecular weight is 355 g/mol. The predicted molar refractivity (Wildman–Crippen MR) is 100 cm³/mol. The maximum Gasteiger partial charge on any atom is 0.318 e. The number of carbonyl (C=O) groups excluding carboxylic acids is 1. The molecule has 1 fully saturated rings. The molecule has 2 aromatic rings. The van der Waals surface area contributed by atoms with E-state index in [-0.39, 0.29) is 18.1 Å². The lowest BCUT2D eigenvalue weighted by atomic mass is 10.1. The second-order valence-electron chi connectivity index (χ2n) is 6.50. The maximum absolute atomic E-state index is 12.7. The molecule has 7 heteroatoms. The van der Waals surface area contributed by atoms with E-state index in [2.05, 4.69) is 27.1 Å². The lowest BCUT2D eigenvalue weighted by Gasteiger charge is -2.40. The number of hydrogen-bond donors (Lipinski definition) is 1. The van der Waals surface area contributed by atoms with Crippen molar-refractivity contribution in [2.24, 2.45) is 0 Å². The first kappa shape index (κ1) is 18.0. The topological polar surface area (TPSA) is 70.6 Å². The molecule has 0 aliphatic carbocycles. The summed E-state index contributed by atoms with van der Waals surface area (Å²) in [5.41, 5.74) is 1.02. The number of nitrogens with one attached hydrogen (secondary N) is 1. The first-order valence-electron chi connectivity index (χ1n) is 8.80. The monoisotopic (exact) mass is 355 g/mol. The van der Waals surface area contributed by atoms with Crippen molar-refractivity contribution in [3.63, 3.8) is 0 Å².